The summed E-state index contributed by atoms with van der Waals surface area (Å²) in [6.07, 6.45) is 3.65. The van der Waals surface area contributed by atoms with Crippen molar-refractivity contribution in [1.82, 2.24) is 9.97 Å². The molecule has 0 unspecified atom stereocenters. The van der Waals surface area contributed by atoms with Crippen LogP contribution in [0.25, 0.3) is 54.9 Å². The summed E-state index contributed by atoms with van der Waals surface area (Å²) in [6, 6.07) is 37.8. The van der Waals surface area contributed by atoms with Crippen LogP contribution >= 0.6 is 15.9 Å². The van der Waals surface area contributed by atoms with Gasteiger partial charge in [0.1, 0.15) is 5.75 Å². The minimum atomic E-state index is -1.56. The lowest BCUT2D eigenvalue weighted by Gasteiger charge is -2.19. The topological polar surface area (TPSA) is 95.7 Å². The van der Waals surface area contributed by atoms with Crippen LogP contribution < -0.4 is 10.1 Å². The van der Waals surface area contributed by atoms with Crippen LogP contribution in [0.4, 0.5) is 0 Å². The van der Waals surface area contributed by atoms with Gasteiger partial charge in [-0.25, -0.2) is 9.97 Å². The number of rotatable bonds is 6. The fourth-order valence-corrected chi connectivity index (χ4v) is 6.16. The predicted octanol–water partition coefficient (Wildman–Crippen LogP) is 7.44. The van der Waals surface area contributed by atoms with E-state index in [1.807, 2.05) is 91.3 Å². The minimum Gasteiger partial charge on any atom is -0.537 e. The van der Waals surface area contributed by atoms with E-state index in [1.165, 1.54) is 16.7 Å². The fraction of sp³-hybridized carbons (Fsp3) is 0.0526. The van der Waals surface area contributed by atoms with E-state index in [0.29, 0.717) is 23.6 Å². The van der Waals surface area contributed by atoms with Crippen molar-refractivity contribution in [3.05, 3.63) is 144 Å². The molecular formula is C38H30B2BrN2O4. The molecule has 0 spiro atoms. The Hall–Kier alpha value is -4.79. The third kappa shape index (κ3) is 7.14. The van der Waals surface area contributed by atoms with Crippen LogP contribution in [0.5, 0.6) is 5.75 Å². The number of hydrogen-bond acceptors (Lipinski definition) is 6. The van der Waals surface area contributed by atoms with E-state index < -0.39 is 7.12 Å². The molecule has 0 saturated carbocycles. The zero-order valence-corrected chi connectivity index (χ0v) is 27.4. The number of hydrogen-bond donors (Lipinski definition) is 3. The van der Waals surface area contributed by atoms with Crippen LogP contribution in [0.2, 0.25) is 0 Å². The highest BCUT2D eigenvalue weighted by molar-refractivity contribution is 9.10. The van der Waals surface area contributed by atoms with Crippen molar-refractivity contribution in [2.75, 3.05) is 0 Å². The zero-order valence-electron chi connectivity index (χ0n) is 25.8. The van der Waals surface area contributed by atoms with Gasteiger partial charge in [-0.05, 0) is 96.7 Å². The maximum Gasteiger partial charge on any atom is 0.569 e. The Morgan fingerprint density at radius 1 is 0.596 bits per heavy atom. The van der Waals surface area contributed by atoms with Gasteiger partial charge in [-0.3, -0.25) is 0 Å². The smallest absolute Gasteiger partial charge is 0.537 e. The highest BCUT2D eigenvalue weighted by Gasteiger charge is 2.20. The summed E-state index contributed by atoms with van der Waals surface area (Å²) < 4.78 is 5.90. The lowest BCUT2D eigenvalue weighted by Crippen LogP contribution is -2.29. The van der Waals surface area contributed by atoms with Gasteiger partial charge in [0.05, 0.1) is 0 Å². The SMILES string of the molecule is Cc1cc(C)cc(-c2cnc(Br)nc2)c1.O[B]Oc1ccc2c(-c3ccccc3)c3cc(B(O)O)ccc3c(-c3ccccc3)c2c1. The third-order valence-electron chi connectivity index (χ3n) is 7.90. The van der Waals surface area contributed by atoms with Gasteiger partial charge in [0.15, 0.2) is 4.73 Å². The maximum atomic E-state index is 9.85. The molecule has 7 aromatic rings. The van der Waals surface area contributed by atoms with Gasteiger partial charge in [0, 0.05) is 18.0 Å². The summed E-state index contributed by atoms with van der Waals surface area (Å²) in [4.78, 5) is 8.24. The van der Waals surface area contributed by atoms with Crippen molar-refractivity contribution in [2.24, 2.45) is 0 Å². The van der Waals surface area contributed by atoms with E-state index in [0.717, 1.165) is 49.4 Å². The second kappa shape index (κ2) is 14.3. The summed E-state index contributed by atoms with van der Waals surface area (Å²) in [6.45, 7) is 4.19. The highest BCUT2D eigenvalue weighted by Crippen LogP contribution is 2.44. The normalized spacial score (nSPS) is 10.8. The van der Waals surface area contributed by atoms with Crippen LogP contribution in [0.3, 0.4) is 0 Å². The molecule has 1 aromatic heterocycles. The Labute approximate surface area is 283 Å². The number of fused-ring (bicyclic) bond motifs is 2. The Bertz CT molecular complexity index is 2140. The number of benzene rings is 6. The average molecular weight is 680 g/mol. The summed E-state index contributed by atoms with van der Waals surface area (Å²) >= 11 is 3.22. The molecular weight excluding hydrogens is 650 g/mol. The van der Waals surface area contributed by atoms with Gasteiger partial charge >= 0.3 is 14.8 Å². The van der Waals surface area contributed by atoms with E-state index in [9.17, 15) is 15.1 Å². The maximum absolute atomic E-state index is 9.85. The molecule has 1 radical (unpaired) electrons. The van der Waals surface area contributed by atoms with Gasteiger partial charge in [-0.2, -0.15) is 0 Å². The van der Waals surface area contributed by atoms with Crippen molar-refractivity contribution >= 4 is 57.7 Å². The molecule has 6 aromatic carbocycles. The number of halogens is 1. The van der Waals surface area contributed by atoms with Gasteiger partial charge in [0.25, 0.3) is 0 Å². The molecule has 0 fully saturated rings. The van der Waals surface area contributed by atoms with Crippen molar-refractivity contribution in [1.29, 1.82) is 0 Å². The molecule has 3 N–H and O–H groups in total. The minimum absolute atomic E-state index is 0.433. The van der Waals surface area contributed by atoms with Crippen LogP contribution in [0.15, 0.2) is 132 Å². The molecule has 229 valence electrons. The van der Waals surface area contributed by atoms with E-state index in [1.54, 1.807) is 6.07 Å². The summed E-state index contributed by atoms with van der Waals surface area (Å²) in [5, 5.41) is 32.8. The number of aromatic nitrogens is 2. The first-order chi connectivity index (χ1) is 22.8. The van der Waals surface area contributed by atoms with Gasteiger partial charge in [-0.15, -0.1) is 0 Å². The summed E-state index contributed by atoms with van der Waals surface area (Å²) in [5.41, 5.74) is 9.22. The van der Waals surface area contributed by atoms with Gasteiger partial charge in [-0.1, -0.05) is 114 Å². The Morgan fingerprint density at radius 2 is 1.13 bits per heavy atom. The molecule has 0 aliphatic heterocycles. The lowest BCUT2D eigenvalue weighted by atomic mass is 9.77. The van der Waals surface area contributed by atoms with Crippen LogP contribution in [-0.4, -0.2) is 39.8 Å². The largest absolute Gasteiger partial charge is 0.569 e. The van der Waals surface area contributed by atoms with E-state index in [-0.39, 0.29) is 0 Å². The highest BCUT2D eigenvalue weighted by atomic mass is 79.9. The fourth-order valence-electron chi connectivity index (χ4n) is 5.95. The van der Waals surface area contributed by atoms with E-state index in [2.05, 4.69) is 70.1 Å². The molecule has 0 aliphatic carbocycles. The molecule has 0 atom stereocenters. The van der Waals surface area contributed by atoms with Crippen molar-refractivity contribution < 1.29 is 19.7 Å². The quantitative estimate of drug-likeness (QED) is 0.0961. The molecule has 0 aliphatic rings. The van der Waals surface area contributed by atoms with E-state index in [4.69, 9.17) is 4.65 Å². The molecule has 7 rings (SSSR count). The lowest BCUT2D eigenvalue weighted by molar-refractivity contribution is 0.426. The summed E-state index contributed by atoms with van der Waals surface area (Å²) in [7, 11) is -0.882. The Morgan fingerprint density at radius 3 is 1.66 bits per heavy atom. The van der Waals surface area contributed by atoms with Crippen LogP contribution in [0.1, 0.15) is 11.1 Å². The molecule has 6 nitrogen and oxygen atoms in total. The molecule has 0 bridgehead atoms. The first kappa shape index (κ1) is 32.2. The Balaban J connectivity index is 0.000000215. The predicted molar refractivity (Wildman–Crippen MR) is 195 cm³/mol. The van der Waals surface area contributed by atoms with Crippen LogP contribution in [0, 0.1) is 13.8 Å². The van der Waals surface area contributed by atoms with E-state index >= 15 is 0 Å². The molecule has 0 saturated heterocycles. The standard InChI is InChI=1S/C26H19B2O4.C12H11BrN2/c29-27-32-20-12-14-22-24(16-20)26(18-9-5-2-6-10-18)21-13-11-19(28(30)31)15-23(21)25(22)17-7-3-1-4-8-17;1-8-3-9(2)5-10(4-8)11-6-14-12(13)15-7-11/h1-16,29-31H;3-7H,1-2H3. The summed E-state index contributed by atoms with van der Waals surface area (Å²) in [5.74, 6) is 0.526. The number of nitrogens with zero attached hydrogens (tertiary/aromatic N) is 2. The first-order valence-corrected chi connectivity index (χ1v) is 15.8. The number of aryl methyl sites for hydroxylation is 2. The van der Waals surface area contributed by atoms with Crippen molar-refractivity contribution in [3.63, 3.8) is 0 Å². The molecule has 9 heteroatoms. The van der Waals surface area contributed by atoms with Gasteiger partial charge < -0.3 is 19.7 Å². The monoisotopic (exact) mass is 679 g/mol. The Kier molecular flexibility index (Phi) is 9.80. The zero-order chi connectivity index (χ0) is 32.9. The average Bonchev–Trinajstić information content (AvgIpc) is 3.08. The third-order valence-corrected chi connectivity index (χ3v) is 8.31. The van der Waals surface area contributed by atoms with Crippen LogP contribution in [-0.2, 0) is 0 Å². The first-order valence-electron chi connectivity index (χ1n) is 15.0. The van der Waals surface area contributed by atoms with Crippen molar-refractivity contribution in [3.8, 4) is 39.1 Å². The second-order valence-corrected chi connectivity index (χ2v) is 11.9. The second-order valence-electron chi connectivity index (χ2n) is 11.2. The van der Waals surface area contributed by atoms with Gasteiger partial charge in [0.2, 0.25) is 0 Å². The molecule has 1 heterocycles. The molecule has 0 amide bonds. The molecule has 47 heavy (non-hydrogen) atoms. The van der Waals surface area contributed by atoms with Crippen molar-refractivity contribution in [2.45, 2.75) is 13.8 Å².